The summed E-state index contributed by atoms with van der Waals surface area (Å²) in [4.78, 5) is 36.4. The summed E-state index contributed by atoms with van der Waals surface area (Å²) in [5.41, 5.74) is 6.69. The van der Waals surface area contributed by atoms with Gasteiger partial charge in [-0.3, -0.25) is 19.1 Å². The number of nitrogens with one attached hydrogen (secondary N) is 1. The van der Waals surface area contributed by atoms with Crippen molar-refractivity contribution in [1.29, 1.82) is 0 Å². The Morgan fingerprint density at radius 1 is 1.11 bits per heavy atom. The lowest BCUT2D eigenvalue weighted by Crippen LogP contribution is -2.52. The molecule has 38 heavy (non-hydrogen) atoms. The number of nitrogen functional groups attached to an aromatic ring is 1. The highest BCUT2D eigenvalue weighted by Gasteiger charge is 2.41. The molecule has 0 bridgehead atoms. The first-order valence-corrected chi connectivity index (χ1v) is 13.1. The Balaban J connectivity index is 1.32. The van der Waals surface area contributed by atoms with E-state index in [2.05, 4.69) is 27.3 Å². The van der Waals surface area contributed by atoms with Gasteiger partial charge in [-0.2, -0.15) is 0 Å². The number of hydrogen-bond acceptors (Lipinski definition) is 7. The molecule has 1 atom stereocenters. The first-order valence-electron chi connectivity index (χ1n) is 13.1. The Morgan fingerprint density at radius 3 is 2.47 bits per heavy atom. The number of hydrogen-bond donors (Lipinski definition) is 2. The molecule has 5 rings (SSSR count). The van der Waals surface area contributed by atoms with Crippen molar-refractivity contribution >= 4 is 34.8 Å². The van der Waals surface area contributed by atoms with E-state index in [1.807, 2.05) is 9.80 Å². The fourth-order valence-electron chi connectivity index (χ4n) is 5.92. The lowest BCUT2D eigenvalue weighted by Gasteiger charge is -2.38. The van der Waals surface area contributed by atoms with Crippen LogP contribution in [0.5, 0.6) is 0 Å². The number of anilines is 3. The molecule has 11 nitrogen and oxygen atoms in total. The van der Waals surface area contributed by atoms with Gasteiger partial charge < -0.3 is 25.8 Å². The average molecular weight is 533 g/mol. The zero-order chi connectivity index (χ0) is 27.2. The van der Waals surface area contributed by atoms with E-state index < -0.39 is 17.9 Å². The van der Waals surface area contributed by atoms with Crippen LogP contribution in [0.1, 0.15) is 23.2 Å². The number of carbonyl (C=O) groups is 2. The smallest absolute Gasteiger partial charge is 0.267 e. The van der Waals surface area contributed by atoms with Crippen molar-refractivity contribution in [3.05, 3.63) is 23.8 Å². The maximum absolute atomic E-state index is 15.1. The van der Waals surface area contributed by atoms with E-state index in [9.17, 15) is 14.0 Å². The minimum atomic E-state index is -1.11. The number of rotatable bonds is 4. The summed E-state index contributed by atoms with van der Waals surface area (Å²) >= 11 is 0. The molecule has 1 unspecified atom stereocenters. The molecule has 2 fully saturated rings. The molecule has 5 heterocycles. The van der Waals surface area contributed by atoms with E-state index in [-0.39, 0.29) is 52.2 Å². The Morgan fingerprint density at radius 2 is 1.79 bits per heavy atom. The SMILES string of the molecule is CN1CCN(C(=O)C2CCN(c3c(F)cncc3NC(=O)c3c(N)nn4c3[N+](C)(C)CC(F)C4)CC2)CC1. The van der Waals surface area contributed by atoms with Gasteiger partial charge in [-0.15, -0.1) is 5.10 Å². The third-order valence-electron chi connectivity index (χ3n) is 7.88. The summed E-state index contributed by atoms with van der Waals surface area (Å²) in [6.45, 7) is 4.34. The van der Waals surface area contributed by atoms with E-state index >= 15 is 4.39 Å². The number of carbonyl (C=O) groups excluding carboxylic acids is 2. The maximum Gasteiger partial charge on any atom is 0.267 e. The Labute approximate surface area is 220 Å². The predicted octanol–water partition coefficient (Wildman–Crippen LogP) is 1.16. The van der Waals surface area contributed by atoms with Crippen molar-refractivity contribution in [3.63, 3.8) is 0 Å². The highest BCUT2D eigenvalue weighted by Crippen LogP contribution is 2.36. The maximum atomic E-state index is 15.1. The molecule has 0 saturated carbocycles. The molecule has 3 aliphatic heterocycles. The molecule has 0 aromatic carbocycles. The van der Waals surface area contributed by atoms with Gasteiger partial charge >= 0.3 is 0 Å². The summed E-state index contributed by atoms with van der Waals surface area (Å²) in [6.07, 6.45) is 2.60. The fourth-order valence-corrected chi connectivity index (χ4v) is 5.92. The average Bonchev–Trinajstić information content (AvgIpc) is 3.20. The monoisotopic (exact) mass is 532 g/mol. The van der Waals surface area contributed by atoms with Gasteiger partial charge in [0.15, 0.2) is 23.4 Å². The molecular weight excluding hydrogens is 496 g/mol. The molecule has 13 heteroatoms. The van der Waals surface area contributed by atoms with Crippen molar-refractivity contribution in [1.82, 2.24) is 29.0 Å². The summed E-state index contributed by atoms with van der Waals surface area (Å²) in [5, 5.41) is 6.98. The second-order valence-electron chi connectivity index (χ2n) is 11.1. The van der Waals surface area contributed by atoms with Gasteiger partial charge in [0.05, 0.1) is 38.7 Å². The number of nitrogens with zero attached hydrogens (tertiary/aromatic N) is 7. The molecule has 2 saturated heterocycles. The van der Waals surface area contributed by atoms with Gasteiger partial charge in [-0.05, 0) is 19.9 Å². The number of likely N-dealkylation sites (N-methyl/N-ethyl adjacent to an activating group) is 1. The van der Waals surface area contributed by atoms with Crippen molar-refractivity contribution in [3.8, 4) is 0 Å². The van der Waals surface area contributed by atoms with Crippen molar-refractivity contribution in [2.24, 2.45) is 5.92 Å². The highest BCUT2D eigenvalue weighted by molar-refractivity contribution is 6.11. The van der Waals surface area contributed by atoms with E-state index in [4.69, 9.17) is 5.73 Å². The number of nitrogens with two attached hydrogens (primary N) is 1. The number of piperazine rings is 1. The normalized spacial score (nSPS) is 22.3. The zero-order valence-corrected chi connectivity index (χ0v) is 22.2. The molecule has 0 radical (unpaired) electrons. The van der Waals surface area contributed by atoms with Crippen molar-refractivity contribution < 1.29 is 18.4 Å². The van der Waals surface area contributed by atoms with Crippen LogP contribution in [0.4, 0.5) is 31.8 Å². The predicted molar refractivity (Wildman–Crippen MR) is 141 cm³/mol. The van der Waals surface area contributed by atoms with E-state index in [1.165, 1.54) is 10.9 Å². The molecule has 3 aliphatic rings. The van der Waals surface area contributed by atoms with Crippen LogP contribution in [0.15, 0.2) is 12.4 Å². The Hall–Kier alpha value is -3.32. The molecule has 2 aromatic rings. The first kappa shape index (κ1) is 26.3. The summed E-state index contributed by atoms with van der Waals surface area (Å²) in [7, 11) is 5.63. The third kappa shape index (κ3) is 4.92. The fraction of sp³-hybridized carbons (Fsp3) is 0.600. The second kappa shape index (κ2) is 10.1. The lowest BCUT2D eigenvalue weighted by atomic mass is 9.94. The van der Waals surface area contributed by atoms with E-state index in [0.29, 0.717) is 31.7 Å². The minimum absolute atomic E-state index is 0.00746. The number of alkyl halides is 1. The highest BCUT2D eigenvalue weighted by atomic mass is 19.1. The minimum Gasteiger partial charge on any atom is -0.381 e. The summed E-state index contributed by atoms with van der Waals surface area (Å²) < 4.78 is 30.9. The van der Waals surface area contributed by atoms with Gasteiger partial charge in [0.2, 0.25) is 11.7 Å². The second-order valence-corrected chi connectivity index (χ2v) is 11.1. The van der Waals surface area contributed by atoms with Crippen LogP contribution in [0, 0.1) is 11.7 Å². The standard InChI is InChI=1S/C25H35F2N9O2/c1-32-8-10-34(11-9-32)25(38)16-4-6-33(7-5-16)21-18(27)12-29-13-19(21)30-23(37)20-22(28)31-35-14-17(26)15-36(2,3)24(20)35/h12-13,16-17H,4-11,14-15H2,1-3H3,(H2-,28,30,31,37)/p+1. The quantitative estimate of drug-likeness (QED) is 0.569. The summed E-state index contributed by atoms with van der Waals surface area (Å²) in [6, 6.07) is 0. The van der Waals surface area contributed by atoms with Crippen LogP contribution >= 0.6 is 0 Å². The zero-order valence-electron chi connectivity index (χ0n) is 22.2. The van der Waals surface area contributed by atoms with Crippen LogP contribution in [0.2, 0.25) is 0 Å². The van der Waals surface area contributed by atoms with Crippen LogP contribution in [0.25, 0.3) is 0 Å². The molecule has 0 spiro atoms. The van der Waals surface area contributed by atoms with Crippen molar-refractivity contribution in [2.75, 3.05) is 82.9 Å². The van der Waals surface area contributed by atoms with E-state index in [0.717, 1.165) is 32.4 Å². The third-order valence-corrected chi connectivity index (χ3v) is 7.88. The van der Waals surface area contributed by atoms with E-state index in [1.54, 1.807) is 14.1 Å². The molecule has 206 valence electrons. The lowest BCUT2D eigenvalue weighted by molar-refractivity contribution is -0.137. The van der Waals surface area contributed by atoms with Crippen LogP contribution < -0.4 is 20.4 Å². The van der Waals surface area contributed by atoms with Gasteiger partial charge in [0, 0.05) is 45.2 Å². The molecule has 2 aromatic heterocycles. The number of quaternary nitrogens is 1. The number of amides is 2. The number of piperidine rings is 1. The van der Waals surface area contributed by atoms with Crippen molar-refractivity contribution in [2.45, 2.75) is 25.6 Å². The molecule has 2 amide bonds. The van der Waals surface area contributed by atoms with Crippen LogP contribution in [0.3, 0.4) is 0 Å². The van der Waals surface area contributed by atoms with Crippen LogP contribution in [-0.4, -0.2) is 110 Å². The molecular formula is C25H36F2N9O2+. The summed E-state index contributed by atoms with van der Waals surface area (Å²) in [5.74, 6) is -0.557. The topological polar surface area (TPSA) is 113 Å². The number of aromatic nitrogens is 3. The molecule has 3 N–H and O–H groups in total. The molecule has 0 aliphatic carbocycles. The van der Waals surface area contributed by atoms with Gasteiger partial charge in [0.1, 0.15) is 12.2 Å². The number of fused-ring (bicyclic) bond motifs is 1. The van der Waals surface area contributed by atoms with Gasteiger partial charge in [0.25, 0.3) is 5.91 Å². The van der Waals surface area contributed by atoms with Gasteiger partial charge in [-0.1, -0.05) is 0 Å². The van der Waals surface area contributed by atoms with Crippen LogP contribution in [-0.2, 0) is 11.3 Å². The first-order chi connectivity index (χ1) is 18.0. The van der Waals surface area contributed by atoms with Gasteiger partial charge in [-0.25, -0.2) is 13.5 Å². The largest absolute Gasteiger partial charge is 0.381 e. The Kier molecular flexibility index (Phi) is 6.99. The number of halogens is 2. The number of pyridine rings is 1. The Bertz CT molecular complexity index is 1220.